The molecule has 0 amide bonds. The van der Waals surface area contributed by atoms with E-state index in [0.717, 1.165) is 0 Å². The van der Waals surface area contributed by atoms with E-state index in [9.17, 15) is 0 Å². The molecule has 0 saturated carbocycles. The van der Waals surface area contributed by atoms with E-state index >= 15 is 0 Å². The molecule has 0 unspecified atom stereocenters. The molecule has 0 radical (unpaired) electrons. The molecule has 0 aliphatic rings. The van der Waals surface area contributed by atoms with E-state index in [1.54, 1.807) is 0 Å². The maximum absolute atomic E-state index is 8.52. The van der Waals surface area contributed by atoms with Crippen LogP contribution >= 0.6 is 0 Å². The van der Waals surface area contributed by atoms with E-state index in [-0.39, 0.29) is 37.7 Å². The van der Waals surface area contributed by atoms with Crippen molar-refractivity contribution in [3.8, 4) is 0 Å². The van der Waals surface area contributed by atoms with Crippen LogP contribution in [-0.4, -0.2) is 52.1 Å². The summed E-state index contributed by atoms with van der Waals surface area (Å²) in [5.41, 5.74) is 0. The van der Waals surface area contributed by atoms with Crippen molar-refractivity contribution < 1.29 is 19.3 Å². The number of hydrogen-bond acceptors (Lipinski definition) is 5. The first-order valence-electron chi connectivity index (χ1n) is 0.995. The summed E-state index contributed by atoms with van der Waals surface area (Å²) >= 11 is 0. The molecular weight excluding hydrogens is 162 g/mol. The van der Waals surface area contributed by atoms with Gasteiger partial charge in [-0.05, 0) is 0 Å². The fourth-order valence-corrected chi connectivity index (χ4v) is 0. The van der Waals surface area contributed by atoms with Crippen LogP contribution in [0.25, 0.3) is 0 Å². The molecule has 0 aromatic carbocycles. The van der Waals surface area contributed by atoms with Gasteiger partial charge in [-0.25, -0.2) is 0 Å². The zero-order chi connectivity index (χ0) is 6.28. The van der Waals surface area contributed by atoms with Crippen molar-refractivity contribution in [3.05, 3.63) is 4.91 Å². The van der Waals surface area contributed by atoms with Gasteiger partial charge in [0.25, 0.3) is 0 Å². The Labute approximate surface area is 76.0 Å². The van der Waals surface area contributed by atoms with Gasteiger partial charge in [0.05, 0.1) is 0 Å². The fraction of sp³-hybridized carbons (Fsp3) is 0. The van der Waals surface area contributed by atoms with Gasteiger partial charge < -0.3 is 19.3 Å². The number of rotatable bonds is 0. The van der Waals surface area contributed by atoms with Gasteiger partial charge >= 0.3 is 37.7 Å². The van der Waals surface area contributed by atoms with Gasteiger partial charge in [-0.15, -0.1) is 4.91 Å². The van der Waals surface area contributed by atoms with Crippen molar-refractivity contribution in [2.75, 3.05) is 0 Å². The second kappa shape index (κ2) is 15.7. The average molecular weight is 163 g/mol. The van der Waals surface area contributed by atoms with Gasteiger partial charge in [0, 0.05) is 9.17 Å². The third kappa shape index (κ3) is 2280. The fourth-order valence-electron chi connectivity index (χ4n) is 0. The van der Waals surface area contributed by atoms with Crippen LogP contribution < -0.4 is 9.59 Å². The summed E-state index contributed by atoms with van der Waals surface area (Å²) in [7, 11) is -3.63. The van der Waals surface area contributed by atoms with Crippen LogP contribution in [0.4, 0.5) is 0 Å². The van der Waals surface area contributed by atoms with Gasteiger partial charge in [-0.3, -0.25) is 0 Å². The molecular formula is HCaNO5Si. The van der Waals surface area contributed by atoms with Gasteiger partial charge in [0.2, 0.25) is 0 Å². The summed E-state index contributed by atoms with van der Waals surface area (Å²) in [5.74, 6) is 0. The second-order valence-corrected chi connectivity index (χ2v) is 0.832. The third-order valence-corrected chi connectivity index (χ3v) is 0. The minimum Gasteiger partial charge on any atom is -0.672 e. The van der Waals surface area contributed by atoms with Crippen molar-refractivity contribution in [1.82, 2.24) is 0 Å². The predicted molar refractivity (Wildman–Crippen MR) is 19.8 cm³/mol. The molecule has 8 heteroatoms. The summed E-state index contributed by atoms with van der Waals surface area (Å²) in [6.45, 7) is 0. The molecule has 0 aliphatic heterocycles. The Bertz CT molecular complexity index is 59.4. The zero-order valence-corrected chi connectivity index (χ0v) is 6.94. The first-order chi connectivity index (χ1) is 3.15. The maximum atomic E-state index is 8.52. The van der Waals surface area contributed by atoms with Gasteiger partial charge in [0.15, 0.2) is 5.34 Å². The largest absolute Gasteiger partial charge is 2.00 e. The van der Waals surface area contributed by atoms with Crippen LogP contribution in [-0.2, 0) is 4.46 Å². The molecule has 0 atom stereocenters. The summed E-state index contributed by atoms with van der Waals surface area (Å²) < 4.78 is 8.52. The average Bonchev–Trinajstić information content (AvgIpc) is 1.33. The first kappa shape index (κ1) is 15.7. The molecule has 6 nitrogen and oxygen atoms in total. The molecule has 8 heavy (non-hydrogen) atoms. The Morgan fingerprint density at radius 3 is 1.50 bits per heavy atom. The van der Waals surface area contributed by atoms with Crippen LogP contribution in [0.5, 0.6) is 0 Å². The summed E-state index contributed by atoms with van der Waals surface area (Å²) in [6, 6.07) is 0. The molecule has 0 aromatic heterocycles. The zero-order valence-electron chi connectivity index (χ0n) is 3.73. The molecule has 0 fully saturated rings. The topological polar surface area (TPSA) is 113 Å². The molecule has 0 bridgehead atoms. The van der Waals surface area contributed by atoms with E-state index < -0.39 is 9.17 Å². The maximum Gasteiger partial charge on any atom is 2.00 e. The first-order valence-corrected chi connectivity index (χ1v) is 2.22. The van der Waals surface area contributed by atoms with Gasteiger partial charge in [0.1, 0.15) is 0 Å². The summed E-state index contributed by atoms with van der Waals surface area (Å²) in [6.07, 6.45) is 0. The Morgan fingerprint density at radius 2 is 1.50 bits per heavy atom. The summed E-state index contributed by atoms with van der Waals surface area (Å²) in [5, 5.41) is 7.89. The standard InChI is InChI=1S/Ca.HNO2.O3Si/c;2-1-3;1-4(2)3/h;(H,2,3);/q+2;;-2. The molecule has 0 spiro atoms. The normalized spacial score (nSPS) is 4.50. The summed E-state index contributed by atoms with van der Waals surface area (Å²) in [4.78, 5) is 25.1. The molecule has 0 heterocycles. The van der Waals surface area contributed by atoms with E-state index in [2.05, 4.69) is 0 Å². The Morgan fingerprint density at radius 1 is 1.50 bits per heavy atom. The molecule has 0 rings (SSSR count). The predicted octanol–water partition coefficient (Wildman–Crippen LogP) is -3.12. The number of hydrogen-bond donors (Lipinski definition) is 1. The minimum absolute atomic E-state index is 0. The van der Waals surface area contributed by atoms with E-state index in [0.29, 0.717) is 0 Å². The molecule has 1 N–H and O–H groups in total. The van der Waals surface area contributed by atoms with E-state index in [4.69, 9.17) is 24.2 Å². The Hall–Kier alpha value is 0.277. The third-order valence-electron chi connectivity index (χ3n) is 0. The van der Waals surface area contributed by atoms with Crippen molar-refractivity contribution in [3.63, 3.8) is 0 Å². The van der Waals surface area contributed by atoms with Crippen LogP contribution in [0, 0.1) is 4.91 Å². The smallest absolute Gasteiger partial charge is 0.672 e. The molecule has 42 valence electrons. The van der Waals surface area contributed by atoms with Crippen LogP contribution in [0.1, 0.15) is 0 Å². The number of nitrogens with zero attached hydrogens (tertiary/aromatic N) is 1. The second-order valence-electron chi connectivity index (χ2n) is 0.332. The monoisotopic (exact) mass is 163 g/mol. The van der Waals surface area contributed by atoms with Gasteiger partial charge in [-0.2, -0.15) is 0 Å². The van der Waals surface area contributed by atoms with Crippen LogP contribution in [0.2, 0.25) is 0 Å². The van der Waals surface area contributed by atoms with E-state index in [1.807, 2.05) is 0 Å². The Kier molecular flexibility index (Phi) is 30.8. The SMILES string of the molecule is O=NO.O=[Si]([O-])[O-].[Ca+2]. The van der Waals surface area contributed by atoms with Crippen molar-refractivity contribution in [2.24, 2.45) is 5.34 Å². The van der Waals surface area contributed by atoms with Crippen LogP contribution in [0.3, 0.4) is 0 Å². The van der Waals surface area contributed by atoms with Crippen molar-refractivity contribution in [1.29, 1.82) is 0 Å². The minimum atomic E-state index is -3.63. The van der Waals surface area contributed by atoms with Crippen molar-refractivity contribution in [2.45, 2.75) is 0 Å². The van der Waals surface area contributed by atoms with E-state index in [1.165, 1.54) is 5.34 Å². The molecule has 0 saturated heterocycles. The van der Waals surface area contributed by atoms with Gasteiger partial charge in [-0.1, -0.05) is 0 Å². The molecule has 0 aliphatic carbocycles. The quantitative estimate of drug-likeness (QED) is 0.230. The van der Waals surface area contributed by atoms with Crippen LogP contribution in [0.15, 0.2) is 5.34 Å². The van der Waals surface area contributed by atoms with Crippen molar-refractivity contribution >= 4 is 46.9 Å². The molecule has 0 aromatic rings. The Balaban J connectivity index is -0.0000000575.